The van der Waals surface area contributed by atoms with E-state index in [1.807, 2.05) is 0 Å². The Balaban J connectivity index is 2.58. The molecule has 8 nitrogen and oxygen atoms in total. The Morgan fingerprint density at radius 3 is 1.53 bits per heavy atom. The van der Waals surface area contributed by atoms with Crippen molar-refractivity contribution in [2.24, 2.45) is 0 Å². The lowest BCUT2D eigenvalue weighted by molar-refractivity contribution is -0.331. The maximum atomic E-state index is 10.9. The van der Waals surface area contributed by atoms with Gasteiger partial charge in [-0.15, -0.1) is 0 Å². The molecule has 0 aliphatic carbocycles. The van der Waals surface area contributed by atoms with Crippen molar-refractivity contribution in [3.8, 4) is 0 Å². The van der Waals surface area contributed by atoms with Crippen molar-refractivity contribution in [3.63, 3.8) is 0 Å². The van der Waals surface area contributed by atoms with Crippen LogP contribution in [0.1, 0.15) is 0 Å². The quantitative estimate of drug-likeness (QED) is 0.437. The van der Waals surface area contributed by atoms with Gasteiger partial charge in [-0.2, -0.15) is 0 Å². The van der Waals surface area contributed by atoms with Crippen LogP contribution in [-0.2, 0) is 9.59 Å². The summed E-state index contributed by atoms with van der Waals surface area (Å²) < 4.78 is 0. The molecule has 0 spiro atoms. The molecule has 0 bridgehead atoms. The van der Waals surface area contributed by atoms with E-state index in [-0.39, 0.29) is 0 Å². The van der Waals surface area contributed by atoms with Crippen LogP contribution >= 0.6 is 0 Å². The monoisotopic (exact) mass is 272 g/mol. The lowest BCUT2D eigenvalue weighted by Gasteiger charge is -2.33. The van der Waals surface area contributed by atoms with E-state index in [9.17, 15) is 19.8 Å². The first-order chi connectivity index (χ1) is 9.13. The maximum absolute atomic E-state index is 10.9. The Morgan fingerprint density at radius 2 is 1.16 bits per heavy atom. The van der Waals surface area contributed by atoms with Gasteiger partial charge in [0.1, 0.15) is 0 Å². The average molecular weight is 272 g/mol. The Labute approximate surface area is 112 Å². The summed E-state index contributed by atoms with van der Waals surface area (Å²) in [5.74, 6) is -3.26. The van der Waals surface area contributed by atoms with Gasteiger partial charge in [0.05, 0.1) is 18.0 Å². The van der Waals surface area contributed by atoms with Gasteiger partial charge in [-0.3, -0.25) is 4.90 Å². The molecule has 3 N–H and O–H groups in total. The van der Waals surface area contributed by atoms with Crippen LogP contribution in [0.2, 0.25) is 0 Å². The van der Waals surface area contributed by atoms with Crippen molar-refractivity contribution in [2.75, 3.05) is 52.4 Å². The Bertz CT molecular complexity index is 274. The summed E-state index contributed by atoms with van der Waals surface area (Å²) >= 11 is 0. The molecule has 110 valence electrons. The molecule has 1 heterocycles. The molecule has 1 rings (SSSR count). The third kappa shape index (κ3) is 5.97. The minimum absolute atomic E-state index is 0.314. The summed E-state index contributed by atoms with van der Waals surface area (Å²) in [7, 11) is 0. The van der Waals surface area contributed by atoms with Gasteiger partial charge in [0, 0.05) is 52.4 Å². The number of hydrogen-bond acceptors (Lipinski definition) is 8. The van der Waals surface area contributed by atoms with Gasteiger partial charge in [0.15, 0.2) is 0 Å². The molecule has 1 saturated heterocycles. The molecule has 0 saturated carbocycles. The predicted molar refractivity (Wildman–Crippen MR) is 64.0 cm³/mol. The molecule has 0 radical (unpaired) electrons. The number of carboxylic acid groups (broad SMARTS) is 2. The minimum atomic E-state index is -1.70. The fourth-order valence-corrected chi connectivity index (χ4v) is 1.94. The van der Waals surface area contributed by atoms with Gasteiger partial charge >= 0.3 is 0 Å². The molecule has 0 aromatic heterocycles. The fourth-order valence-electron chi connectivity index (χ4n) is 1.94. The zero-order valence-corrected chi connectivity index (χ0v) is 10.8. The van der Waals surface area contributed by atoms with Gasteiger partial charge in [-0.05, 0) is 0 Å². The molecule has 19 heavy (non-hydrogen) atoms. The van der Waals surface area contributed by atoms with Gasteiger partial charge in [0.2, 0.25) is 0 Å². The molecular formula is C11H20N4O4-2. The first-order valence-electron chi connectivity index (χ1n) is 6.41. The van der Waals surface area contributed by atoms with E-state index in [0.29, 0.717) is 26.2 Å². The standard InChI is InChI=1S/C11H22N4O4/c16-10(17)9(11(18)19)15-7-5-13-3-1-12-2-4-14-6-8-15/h9,12-14H,1-8H2,(H,16,17)(H,18,19)/p-2. The second-order valence-corrected chi connectivity index (χ2v) is 4.33. The normalized spacial score (nSPS) is 20.5. The highest BCUT2D eigenvalue weighted by molar-refractivity contribution is 5.95. The summed E-state index contributed by atoms with van der Waals surface area (Å²) in [5.41, 5.74) is 0. The third-order valence-corrected chi connectivity index (χ3v) is 2.92. The second kappa shape index (κ2) is 8.81. The van der Waals surface area contributed by atoms with Crippen LogP contribution < -0.4 is 26.2 Å². The van der Waals surface area contributed by atoms with E-state index in [1.165, 1.54) is 4.90 Å². The number of nitrogens with zero attached hydrogens (tertiary/aromatic N) is 1. The molecular weight excluding hydrogens is 252 g/mol. The van der Waals surface area contributed by atoms with Crippen molar-refractivity contribution in [2.45, 2.75) is 6.04 Å². The van der Waals surface area contributed by atoms with Crippen LogP contribution in [0.15, 0.2) is 0 Å². The SMILES string of the molecule is O=C([O-])C(C(=O)[O-])N1CCNCCNCCNCC1. The highest BCUT2D eigenvalue weighted by Gasteiger charge is 2.20. The number of carbonyl (C=O) groups excluding carboxylic acids is 2. The zero-order chi connectivity index (χ0) is 14.1. The fraction of sp³-hybridized carbons (Fsp3) is 0.818. The minimum Gasteiger partial charge on any atom is -0.548 e. The summed E-state index contributed by atoms with van der Waals surface area (Å²) in [5, 5.41) is 31.2. The van der Waals surface area contributed by atoms with E-state index in [0.717, 1.165) is 26.2 Å². The van der Waals surface area contributed by atoms with Crippen LogP contribution in [0.3, 0.4) is 0 Å². The van der Waals surface area contributed by atoms with Crippen molar-refractivity contribution in [3.05, 3.63) is 0 Å². The van der Waals surface area contributed by atoms with Crippen LogP contribution in [0, 0.1) is 0 Å². The second-order valence-electron chi connectivity index (χ2n) is 4.33. The van der Waals surface area contributed by atoms with E-state index in [1.54, 1.807) is 0 Å². The number of carboxylic acids is 2. The molecule has 0 aromatic carbocycles. The summed E-state index contributed by atoms with van der Waals surface area (Å²) in [6.07, 6.45) is 0. The summed E-state index contributed by atoms with van der Waals surface area (Å²) in [6.45, 7) is 4.77. The number of nitrogens with one attached hydrogen (secondary N) is 3. The van der Waals surface area contributed by atoms with Gasteiger partial charge < -0.3 is 35.8 Å². The Morgan fingerprint density at radius 1 is 0.789 bits per heavy atom. The average Bonchev–Trinajstić information content (AvgIpc) is 2.31. The van der Waals surface area contributed by atoms with Crippen molar-refractivity contribution >= 4 is 11.9 Å². The van der Waals surface area contributed by atoms with Gasteiger partial charge in [0.25, 0.3) is 0 Å². The van der Waals surface area contributed by atoms with Crippen molar-refractivity contribution in [1.82, 2.24) is 20.9 Å². The molecule has 1 aliphatic heterocycles. The van der Waals surface area contributed by atoms with E-state index < -0.39 is 18.0 Å². The summed E-state index contributed by atoms with van der Waals surface area (Å²) in [4.78, 5) is 23.1. The molecule has 0 aromatic rings. The summed E-state index contributed by atoms with van der Waals surface area (Å²) in [6, 6.07) is -1.70. The zero-order valence-electron chi connectivity index (χ0n) is 10.8. The maximum Gasteiger partial charge on any atom is 0.0896 e. The smallest absolute Gasteiger partial charge is 0.0896 e. The van der Waals surface area contributed by atoms with Crippen LogP contribution in [-0.4, -0.2) is 75.2 Å². The molecule has 8 heteroatoms. The van der Waals surface area contributed by atoms with Gasteiger partial charge in [-0.25, -0.2) is 0 Å². The molecule has 0 atom stereocenters. The van der Waals surface area contributed by atoms with Crippen LogP contribution in [0.4, 0.5) is 0 Å². The molecule has 1 fully saturated rings. The van der Waals surface area contributed by atoms with Crippen molar-refractivity contribution in [1.29, 1.82) is 0 Å². The van der Waals surface area contributed by atoms with E-state index >= 15 is 0 Å². The lowest BCUT2D eigenvalue weighted by Crippen LogP contribution is -2.59. The third-order valence-electron chi connectivity index (χ3n) is 2.92. The number of hydrogen-bond donors (Lipinski definition) is 3. The van der Waals surface area contributed by atoms with Crippen molar-refractivity contribution < 1.29 is 19.8 Å². The Hall–Kier alpha value is -1.22. The van der Waals surface area contributed by atoms with Crippen LogP contribution in [0.5, 0.6) is 0 Å². The first kappa shape index (κ1) is 15.8. The predicted octanol–water partition coefficient (Wildman–Crippen LogP) is -5.06. The highest BCUT2D eigenvalue weighted by Crippen LogP contribution is 1.97. The van der Waals surface area contributed by atoms with Crippen LogP contribution in [0.25, 0.3) is 0 Å². The highest BCUT2D eigenvalue weighted by atomic mass is 16.4. The lowest BCUT2D eigenvalue weighted by atomic mass is 10.2. The van der Waals surface area contributed by atoms with E-state index in [2.05, 4.69) is 16.0 Å². The first-order valence-corrected chi connectivity index (χ1v) is 6.41. The van der Waals surface area contributed by atoms with E-state index in [4.69, 9.17) is 0 Å². The van der Waals surface area contributed by atoms with Gasteiger partial charge in [-0.1, -0.05) is 0 Å². The topological polar surface area (TPSA) is 120 Å². The number of carbonyl (C=O) groups is 2. The molecule has 0 amide bonds. The Kier molecular flexibility index (Phi) is 7.34. The molecule has 0 unspecified atom stereocenters. The molecule has 1 aliphatic rings. The largest absolute Gasteiger partial charge is 0.548 e. The number of rotatable bonds is 3. The number of aliphatic carboxylic acids is 2.